The van der Waals surface area contributed by atoms with E-state index >= 15 is 0 Å². The van der Waals surface area contributed by atoms with E-state index in [4.69, 9.17) is 32.6 Å². The molecule has 0 aliphatic heterocycles. The van der Waals surface area contributed by atoms with Crippen molar-refractivity contribution in [1.29, 1.82) is 0 Å². The van der Waals surface area contributed by atoms with Crippen molar-refractivity contribution in [2.24, 2.45) is 0 Å². The van der Waals surface area contributed by atoms with Gasteiger partial charge in [-0.3, -0.25) is 0 Å². The molecule has 0 unspecified atom stereocenters. The van der Waals surface area contributed by atoms with Crippen LogP contribution in [0, 0.1) is 51.7 Å². The summed E-state index contributed by atoms with van der Waals surface area (Å²) in [5, 5.41) is 3.17. The fourth-order valence-electron chi connectivity index (χ4n) is 0.944. The predicted octanol–water partition coefficient (Wildman–Crippen LogP) is 1.90. The van der Waals surface area contributed by atoms with E-state index < -0.39 is 0 Å². The third-order valence-corrected chi connectivity index (χ3v) is 1.65. The molecule has 0 spiro atoms. The number of ether oxygens (including phenoxy) is 1. The molecule has 0 aromatic heterocycles. The minimum absolute atomic E-state index is 0. The molecule has 27 heavy (non-hydrogen) atoms. The normalized spacial score (nSPS) is 4.52. The van der Waals surface area contributed by atoms with E-state index in [0.717, 1.165) is 11.4 Å². The van der Waals surface area contributed by atoms with Gasteiger partial charge in [0.2, 0.25) is 0 Å². The molecular weight excluding hydrogens is 448 g/mol. The molecule has 0 fully saturated rings. The number of nitrogens with one attached hydrogen (secondary N) is 1. The van der Waals surface area contributed by atoms with Gasteiger partial charge in [0.15, 0.2) is 0 Å². The van der Waals surface area contributed by atoms with Crippen LogP contribution in [0.4, 0.5) is 5.69 Å². The number of hydrogen-bond donors (Lipinski definition) is 1. The SMILES string of the molecule is CC#CCNc1ccc(OC)cc1.[C-]#[O+].[C-]#[O+].[C-]#[O+].[C-]#[O+].[C-]#[O+].[C-]#[O+].[Co].[Co]. The average Bonchev–Trinajstić information content (AvgIpc) is 2.77. The summed E-state index contributed by atoms with van der Waals surface area (Å²) in [7, 11) is 1.66. The predicted molar refractivity (Wildman–Crippen MR) is 78.5 cm³/mol. The maximum atomic E-state index is 7.50. The van der Waals surface area contributed by atoms with Crippen LogP contribution in [-0.2, 0) is 61.5 Å². The van der Waals surface area contributed by atoms with Gasteiger partial charge < -0.3 is 10.1 Å². The Labute approximate surface area is 179 Å². The van der Waals surface area contributed by atoms with Gasteiger partial charge in [-0.2, -0.15) is 0 Å². The number of rotatable bonds is 3. The topological polar surface area (TPSA) is 141 Å². The molecule has 1 N–H and O–H groups in total. The fourth-order valence-corrected chi connectivity index (χ4v) is 0.944. The van der Waals surface area contributed by atoms with Crippen molar-refractivity contribution in [2.45, 2.75) is 6.92 Å². The zero-order valence-electron chi connectivity index (χ0n) is 14.0. The molecule has 0 aliphatic rings. The Kier molecular flexibility index (Phi) is 139. The molecule has 1 rings (SSSR count). The van der Waals surface area contributed by atoms with Crippen molar-refractivity contribution >= 4 is 5.69 Å². The van der Waals surface area contributed by atoms with Gasteiger partial charge in [0, 0.05) is 39.2 Å². The van der Waals surface area contributed by atoms with Crippen molar-refractivity contribution in [2.75, 3.05) is 19.0 Å². The molecule has 0 aliphatic carbocycles. The van der Waals surface area contributed by atoms with Gasteiger partial charge in [-0.05, 0) is 31.2 Å². The molecule has 8 nitrogen and oxygen atoms in total. The van der Waals surface area contributed by atoms with E-state index in [1.165, 1.54) is 0 Å². The van der Waals surface area contributed by atoms with Crippen molar-refractivity contribution in [3.63, 3.8) is 0 Å². The molecule has 0 bridgehead atoms. The summed E-state index contributed by atoms with van der Waals surface area (Å²) >= 11 is 0. The zero-order valence-corrected chi connectivity index (χ0v) is 16.1. The van der Waals surface area contributed by atoms with Crippen molar-refractivity contribution in [1.82, 2.24) is 0 Å². The molecule has 0 atom stereocenters. The third kappa shape index (κ3) is 51.6. The van der Waals surface area contributed by atoms with Crippen molar-refractivity contribution in [3.05, 3.63) is 64.2 Å². The van der Waals surface area contributed by atoms with Gasteiger partial charge in [-0.25, -0.2) is 0 Å². The number of benzene rings is 1. The van der Waals surface area contributed by atoms with Gasteiger partial charge >= 0.3 is 67.8 Å². The largest absolute Gasteiger partial charge is 0 e. The molecule has 10 heteroatoms. The van der Waals surface area contributed by atoms with Crippen LogP contribution in [0.5, 0.6) is 5.75 Å². The Morgan fingerprint density at radius 2 is 1.11 bits per heavy atom. The van der Waals surface area contributed by atoms with Crippen LogP contribution in [-0.4, -0.2) is 13.7 Å². The van der Waals surface area contributed by atoms with Crippen molar-refractivity contribution < 1.29 is 66.2 Å². The summed E-state index contributed by atoms with van der Waals surface area (Å²) in [4.78, 5) is 0. The first-order valence-corrected chi connectivity index (χ1v) is 5.37. The van der Waals surface area contributed by atoms with Crippen LogP contribution in [0.15, 0.2) is 24.3 Å². The first-order chi connectivity index (χ1) is 12.4. The standard InChI is InChI=1S/C11H13NO.6CO.2Co/c1-3-4-9-12-10-5-7-11(13-2)8-6-10;6*1-2;;/h5-8,12H,9H2,1-2H3;;;;;;;;. The van der Waals surface area contributed by atoms with Crippen LogP contribution in [0.2, 0.25) is 0 Å². The van der Waals surface area contributed by atoms with E-state index in [1.54, 1.807) is 7.11 Å². The van der Waals surface area contributed by atoms with Crippen molar-refractivity contribution in [3.8, 4) is 17.6 Å². The van der Waals surface area contributed by atoms with Crippen LogP contribution >= 0.6 is 0 Å². The van der Waals surface area contributed by atoms with Gasteiger partial charge in [-0.1, -0.05) is 5.92 Å². The maximum absolute atomic E-state index is 7.50. The molecule has 2 radical (unpaired) electrons. The van der Waals surface area contributed by atoms with E-state index in [2.05, 4.69) is 57.1 Å². The van der Waals surface area contributed by atoms with E-state index in [1.807, 2.05) is 31.2 Å². The zero-order chi connectivity index (χ0) is 21.5. The summed E-state index contributed by atoms with van der Waals surface area (Å²) < 4.78 is 50.0. The van der Waals surface area contributed by atoms with Gasteiger partial charge in [0.25, 0.3) is 0 Å². The summed E-state index contributed by atoms with van der Waals surface area (Å²) in [6.45, 7) is 29.5. The Hall–Kier alpha value is -2.17. The first-order valence-electron chi connectivity index (χ1n) is 5.37. The fraction of sp³-hybridized carbons (Fsp3) is 0.176. The summed E-state index contributed by atoms with van der Waals surface area (Å²) in [5.74, 6) is 6.62. The molecule has 0 saturated carbocycles. The average molecular weight is 461 g/mol. The first kappa shape index (κ1) is 49.8. The Balaban J connectivity index is -0.0000000370. The molecular formula is C17H13Co2NO7. The van der Waals surface area contributed by atoms with Gasteiger partial charge in [0.05, 0.1) is 13.7 Å². The monoisotopic (exact) mass is 461 g/mol. The Morgan fingerprint density at radius 3 is 1.37 bits per heavy atom. The Bertz CT molecular complexity index is 504. The minimum Gasteiger partial charge on any atom is 0 e. The Morgan fingerprint density at radius 1 is 0.778 bits per heavy atom. The molecule has 0 heterocycles. The summed E-state index contributed by atoms with van der Waals surface area (Å²) in [6.07, 6.45) is 0. The molecule has 1 aromatic rings. The van der Waals surface area contributed by atoms with Crippen LogP contribution in [0.3, 0.4) is 0 Å². The van der Waals surface area contributed by atoms with E-state index in [-0.39, 0.29) is 33.6 Å². The van der Waals surface area contributed by atoms with Gasteiger partial charge in [-0.15, -0.1) is 5.92 Å². The molecule has 0 amide bonds. The second-order valence-corrected chi connectivity index (χ2v) is 2.51. The molecule has 0 saturated heterocycles. The van der Waals surface area contributed by atoms with E-state index in [9.17, 15) is 0 Å². The van der Waals surface area contributed by atoms with E-state index in [0.29, 0.717) is 6.54 Å². The quantitative estimate of drug-likeness (QED) is 0.417. The summed E-state index contributed by atoms with van der Waals surface area (Å²) in [6, 6.07) is 7.77. The van der Waals surface area contributed by atoms with Crippen LogP contribution < -0.4 is 10.1 Å². The number of anilines is 1. The maximum Gasteiger partial charge on any atom is 0 e. The summed E-state index contributed by atoms with van der Waals surface area (Å²) in [5.41, 5.74) is 1.06. The smallest absolute Gasteiger partial charge is 0 e. The van der Waals surface area contributed by atoms with Gasteiger partial charge in [0.1, 0.15) is 5.75 Å². The molecule has 1 aromatic carbocycles. The second-order valence-electron chi connectivity index (χ2n) is 2.51. The minimum atomic E-state index is 0. The second kappa shape index (κ2) is 75.4. The van der Waals surface area contributed by atoms with Crippen LogP contribution in [0.25, 0.3) is 0 Å². The van der Waals surface area contributed by atoms with Crippen LogP contribution in [0.1, 0.15) is 6.92 Å². The third-order valence-electron chi connectivity index (χ3n) is 1.65. The molecule has 146 valence electrons. The number of hydrogen-bond acceptors (Lipinski definition) is 2. The number of methoxy groups -OCH3 is 1.